The van der Waals surface area contributed by atoms with Gasteiger partial charge in [0.1, 0.15) is 0 Å². The van der Waals surface area contributed by atoms with Crippen molar-refractivity contribution >= 4 is 17.5 Å². The van der Waals surface area contributed by atoms with E-state index in [2.05, 4.69) is 19.2 Å². The van der Waals surface area contributed by atoms with Crippen LogP contribution >= 0.6 is 11.6 Å². The predicted octanol–water partition coefficient (Wildman–Crippen LogP) is 2.89. The number of aliphatic hydroxyl groups is 1. The van der Waals surface area contributed by atoms with E-state index in [0.29, 0.717) is 10.9 Å². The summed E-state index contributed by atoms with van der Waals surface area (Å²) in [7, 11) is 0. The molecule has 0 saturated heterocycles. The van der Waals surface area contributed by atoms with E-state index in [4.69, 9.17) is 11.6 Å². The third-order valence-corrected chi connectivity index (χ3v) is 4.14. The van der Waals surface area contributed by atoms with Crippen molar-refractivity contribution < 1.29 is 9.90 Å². The summed E-state index contributed by atoms with van der Waals surface area (Å²) in [5.74, 6) is 0.470. The molecule has 0 spiro atoms. The highest BCUT2D eigenvalue weighted by atomic mass is 35.5. The van der Waals surface area contributed by atoms with Crippen molar-refractivity contribution in [2.24, 2.45) is 5.92 Å². The van der Waals surface area contributed by atoms with Gasteiger partial charge in [-0.2, -0.15) is 0 Å². The zero-order valence-electron chi connectivity index (χ0n) is 12.0. The van der Waals surface area contributed by atoms with Gasteiger partial charge in [-0.25, -0.2) is 0 Å². The summed E-state index contributed by atoms with van der Waals surface area (Å²) < 4.78 is 0. The van der Waals surface area contributed by atoms with Crippen molar-refractivity contribution in [3.63, 3.8) is 0 Å². The average Bonchev–Trinajstić information content (AvgIpc) is 3.19. The molecule has 1 aromatic carbocycles. The molecule has 1 aromatic rings. The molecule has 0 aliphatic heterocycles. The van der Waals surface area contributed by atoms with Gasteiger partial charge in [0.15, 0.2) is 0 Å². The molecule has 20 heavy (non-hydrogen) atoms. The van der Waals surface area contributed by atoms with E-state index < -0.39 is 5.41 Å². The molecule has 0 aromatic heterocycles. The molecule has 110 valence electrons. The molecular weight excluding hydrogens is 274 g/mol. The molecule has 0 radical (unpaired) electrons. The van der Waals surface area contributed by atoms with Gasteiger partial charge in [0.25, 0.3) is 0 Å². The first kappa shape index (κ1) is 15.3. The Balaban J connectivity index is 2.06. The number of amides is 1. The lowest BCUT2D eigenvalue weighted by Gasteiger charge is -2.22. The Morgan fingerprint density at radius 1 is 1.35 bits per heavy atom. The van der Waals surface area contributed by atoms with Crippen LogP contribution in [0, 0.1) is 5.92 Å². The fourth-order valence-corrected chi connectivity index (χ4v) is 2.74. The summed E-state index contributed by atoms with van der Waals surface area (Å²) >= 11 is 5.89. The maximum atomic E-state index is 12.5. The Kier molecular flexibility index (Phi) is 4.71. The minimum absolute atomic E-state index is 0.0133. The molecule has 1 fully saturated rings. The SMILES string of the molecule is CC(C)C[C@H](CO)NC(=O)C1(c2ccc(Cl)cc2)CC1. The second-order valence-electron chi connectivity index (χ2n) is 6.07. The minimum atomic E-state index is -0.408. The van der Waals surface area contributed by atoms with E-state index in [9.17, 15) is 9.90 Å². The smallest absolute Gasteiger partial charge is 0.230 e. The summed E-state index contributed by atoms with van der Waals surface area (Å²) in [5.41, 5.74) is 0.607. The van der Waals surface area contributed by atoms with Crippen LogP contribution in [0.3, 0.4) is 0 Å². The largest absolute Gasteiger partial charge is 0.394 e. The van der Waals surface area contributed by atoms with Crippen molar-refractivity contribution in [1.29, 1.82) is 0 Å². The second kappa shape index (κ2) is 6.15. The number of rotatable bonds is 6. The first-order valence-electron chi connectivity index (χ1n) is 7.16. The quantitative estimate of drug-likeness (QED) is 0.848. The molecule has 2 rings (SSSR count). The Morgan fingerprint density at radius 3 is 2.40 bits per heavy atom. The van der Waals surface area contributed by atoms with E-state index in [-0.39, 0.29) is 18.6 Å². The average molecular weight is 296 g/mol. The van der Waals surface area contributed by atoms with E-state index in [1.165, 1.54) is 0 Å². The monoisotopic (exact) mass is 295 g/mol. The molecule has 1 saturated carbocycles. The van der Waals surface area contributed by atoms with Crippen LogP contribution in [-0.4, -0.2) is 23.7 Å². The summed E-state index contributed by atoms with van der Waals surface area (Å²) in [6, 6.07) is 7.33. The van der Waals surface area contributed by atoms with Gasteiger partial charge in [0, 0.05) is 5.02 Å². The fraction of sp³-hybridized carbons (Fsp3) is 0.562. The molecule has 1 atom stereocenters. The van der Waals surface area contributed by atoms with Crippen LogP contribution in [0.2, 0.25) is 5.02 Å². The number of aliphatic hydroxyl groups excluding tert-OH is 1. The maximum Gasteiger partial charge on any atom is 0.230 e. The highest BCUT2D eigenvalue weighted by Crippen LogP contribution is 2.48. The van der Waals surface area contributed by atoms with Gasteiger partial charge in [-0.05, 0) is 42.9 Å². The number of carbonyl (C=O) groups is 1. The lowest BCUT2D eigenvalue weighted by molar-refractivity contribution is -0.124. The molecular formula is C16H22ClNO2. The Hall–Kier alpha value is -1.06. The second-order valence-corrected chi connectivity index (χ2v) is 6.51. The molecule has 2 N–H and O–H groups in total. The van der Waals surface area contributed by atoms with Crippen molar-refractivity contribution in [2.45, 2.75) is 44.6 Å². The van der Waals surface area contributed by atoms with Crippen LogP contribution in [0.4, 0.5) is 0 Å². The van der Waals surface area contributed by atoms with Crippen molar-refractivity contribution in [1.82, 2.24) is 5.32 Å². The molecule has 0 bridgehead atoms. The van der Waals surface area contributed by atoms with Crippen LogP contribution in [0.1, 0.15) is 38.7 Å². The van der Waals surface area contributed by atoms with Gasteiger partial charge in [0.05, 0.1) is 18.1 Å². The van der Waals surface area contributed by atoms with Gasteiger partial charge in [-0.3, -0.25) is 4.79 Å². The number of benzene rings is 1. The summed E-state index contributed by atoms with van der Waals surface area (Å²) in [6.07, 6.45) is 2.51. The zero-order chi connectivity index (χ0) is 14.8. The first-order valence-corrected chi connectivity index (χ1v) is 7.53. The van der Waals surface area contributed by atoms with Crippen molar-refractivity contribution in [3.8, 4) is 0 Å². The Bertz CT molecular complexity index is 466. The fourth-order valence-electron chi connectivity index (χ4n) is 2.61. The Labute approximate surface area is 125 Å². The van der Waals surface area contributed by atoms with Gasteiger partial charge in [-0.15, -0.1) is 0 Å². The van der Waals surface area contributed by atoms with Crippen LogP contribution in [0.15, 0.2) is 24.3 Å². The van der Waals surface area contributed by atoms with Gasteiger partial charge in [0.2, 0.25) is 5.91 Å². The van der Waals surface area contributed by atoms with Crippen LogP contribution < -0.4 is 5.32 Å². The highest BCUT2D eigenvalue weighted by Gasteiger charge is 2.51. The molecule has 3 nitrogen and oxygen atoms in total. The third kappa shape index (κ3) is 3.33. The molecule has 1 amide bonds. The third-order valence-electron chi connectivity index (χ3n) is 3.89. The summed E-state index contributed by atoms with van der Waals surface area (Å²) in [5, 5.41) is 13.1. The zero-order valence-corrected chi connectivity index (χ0v) is 12.8. The maximum absolute atomic E-state index is 12.5. The topological polar surface area (TPSA) is 49.3 Å². The minimum Gasteiger partial charge on any atom is -0.394 e. The number of halogens is 1. The molecule has 1 aliphatic carbocycles. The molecule has 1 aliphatic rings. The van der Waals surface area contributed by atoms with Gasteiger partial charge >= 0.3 is 0 Å². The van der Waals surface area contributed by atoms with Crippen molar-refractivity contribution in [3.05, 3.63) is 34.9 Å². The lowest BCUT2D eigenvalue weighted by Crippen LogP contribution is -2.44. The van der Waals surface area contributed by atoms with E-state index in [1.54, 1.807) is 0 Å². The number of nitrogens with one attached hydrogen (secondary N) is 1. The van der Waals surface area contributed by atoms with E-state index in [0.717, 1.165) is 24.8 Å². The summed E-state index contributed by atoms with van der Waals surface area (Å²) in [4.78, 5) is 12.5. The van der Waals surface area contributed by atoms with Gasteiger partial charge < -0.3 is 10.4 Å². The normalized spacial score (nSPS) is 17.9. The first-order chi connectivity index (χ1) is 9.48. The van der Waals surface area contributed by atoms with E-state index >= 15 is 0 Å². The van der Waals surface area contributed by atoms with Crippen LogP contribution in [0.5, 0.6) is 0 Å². The van der Waals surface area contributed by atoms with Crippen LogP contribution in [-0.2, 0) is 10.2 Å². The van der Waals surface area contributed by atoms with Gasteiger partial charge in [-0.1, -0.05) is 37.6 Å². The number of carbonyl (C=O) groups excluding carboxylic acids is 1. The molecule has 4 heteroatoms. The standard InChI is InChI=1S/C16H22ClNO2/c1-11(2)9-14(10-19)18-15(20)16(7-8-16)12-3-5-13(17)6-4-12/h3-6,11,14,19H,7-10H2,1-2H3,(H,18,20)/t14-/m1/s1. The Morgan fingerprint density at radius 2 is 1.95 bits per heavy atom. The number of hydrogen-bond acceptors (Lipinski definition) is 2. The van der Waals surface area contributed by atoms with E-state index in [1.807, 2.05) is 24.3 Å². The molecule has 0 heterocycles. The molecule has 0 unspecified atom stereocenters. The lowest BCUT2D eigenvalue weighted by atomic mass is 9.94. The van der Waals surface area contributed by atoms with Crippen molar-refractivity contribution in [2.75, 3.05) is 6.61 Å². The highest BCUT2D eigenvalue weighted by molar-refractivity contribution is 6.30. The van der Waals surface area contributed by atoms with Crippen LogP contribution in [0.25, 0.3) is 0 Å². The summed E-state index contributed by atoms with van der Waals surface area (Å²) in [6.45, 7) is 4.16. The predicted molar refractivity (Wildman–Crippen MR) is 80.8 cm³/mol. The number of hydrogen-bond donors (Lipinski definition) is 2.